The highest BCUT2D eigenvalue weighted by atomic mass is 35.5. The highest BCUT2D eigenvalue weighted by Crippen LogP contribution is 2.34. The first-order valence-electron chi connectivity index (χ1n) is 6.83. The minimum absolute atomic E-state index is 0.458. The minimum atomic E-state index is -0.625. The normalized spacial score (nSPS) is 16.9. The van der Waals surface area contributed by atoms with E-state index in [-0.39, 0.29) is 0 Å². The first kappa shape index (κ1) is 13.6. The summed E-state index contributed by atoms with van der Waals surface area (Å²) in [7, 11) is 0. The van der Waals surface area contributed by atoms with Crippen LogP contribution in [0, 0.1) is 6.92 Å². The molecule has 1 heterocycles. The van der Waals surface area contributed by atoms with E-state index in [4.69, 9.17) is 16.1 Å². The number of aryl methyl sites for hydroxylation is 1. The summed E-state index contributed by atoms with van der Waals surface area (Å²) >= 11 is 5.94. The lowest BCUT2D eigenvalue weighted by molar-refractivity contribution is -0.0378. The maximum atomic E-state index is 10.1. The first-order chi connectivity index (χ1) is 9.54. The molecule has 5 heteroatoms. The summed E-state index contributed by atoms with van der Waals surface area (Å²) in [6, 6.07) is 5.77. The van der Waals surface area contributed by atoms with E-state index >= 15 is 0 Å². The van der Waals surface area contributed by atoms with E-state index in [9.17, 15) is 5.11 Å². The van der Waals surface area contributed by atoms with Crippen molar-refractivity contribution < 1.29 is 9.63 Å². The molecule has 3 rings (SSSR count). The quantitative estimate of drug-likeness (QED) is 0.941. The van der Waals surface area contributed by atoms with Crippen LogP contribution in [0.3, 0.4) is 0 Å². The average molecular weight is 293 g/mol. The fourth-order valence-corrected chi connectivity index (χ4v) is 2.73. The van der Waals surface area contributed by atoms with Crippen molar-refractivity contribution in [2.75, 3.05) is 0 Å². The van der Waals surface area contributed by atoms with Crippen LogP contribution < -0.4 is 0 Å². The van der Waals surface area contributed by atoms with E-state index in [2.05, 4.69) is 10.1 Å². The van der Waals surface area contributed by atoms with Gasteiger partial charge in [0.2, 0.25) is 5.89 Å². The number of hydrogen-bond donors (Lipinski definition) is 1. The summed E-state index contributed by atoms with van der Waals surface area (Å²) in [5.74, 6) is 1.17. The summed E-state index contributed by atoms with van der Waals surface area (Å²) in [6.45, 7) is 2.01. The molecule has 0 spiro atoms. The van der Waals surface area contributed by atoms with Crippen molar-refractivity contribution in [1.82, 2.24) is 10.1 Å². The van der Waals surface area contributed by atoms with Crippen LogP contribution in [0.5, 0.6) is 0 Å². The molecule has 2 aromatic rings. The highest BCUT2D eigenvalue weighted by Gasteiger charge is 2.36. The van der Waals surface area contributed by atoms with Crippen molar-refractivity contribution in [2.24, 2.45) is 0 Å². The Balaban J connectivity index is 1.70. The minimum Gasteiger partial charge on any atom is -0.389 e. The Morgan fingerprint density at radius 2 is 2.20 bits per heavy atom. The van der Waals surface area contributed by atoms with Crippen LogP contribution in [0.25, 0.3) is 0 Å². The topological polar surface area (TPSA) is 59.2 Å². The predicted molar refractivity (Wildman–Crippen MR) is 75.8 cm³/mol. The number of benzene rings is 1. The zero-order chi connectivity index (χ0) is 14.2. The maximum Gasteiger partial charge on any atom is 0.229 e. The van der Waals surface area contributed by atoms with Crippen molar-refractivity contribution in [1.29, 1.82) is 0 Å². The van der Waals surface area contributed by atoms with Crippen LogP contribution >= 0.6 is 11.6 Å². The smallest absolute Gasteiger partial charge is 0.229 e. The van der Waals surface area contributed by atoms with Gasteiger partial charge in [-0.05, 0) is 49.4 Å². The first-order valence-corrected chi connectivity index (χ1v) is 7.21. The van der Waals surface area contributed by atoms with Crippen LogP contribution in [0.4, 0.5) is 0 Å². The van der Waals surface area contributed by atoms with E-state index < -0.39 is 5.60 Å². The van der Waals surface area contributed by atoms with E-state index in [1.54, 1.807) is 0 Å². The second-order valence-electron chi connectivity index (χ2n) is 5.61. The number of hydrogen-bond acceptors (Lipinski definition) is 4. The Morgan fingerprint density at radius 1 is 1.40 bits per heavy atom. The number of halogens is 1. The Kier molecular flexibility index (Phi) is 3.52. The molecule has 1 aliphatic carbocycles. The predicted octanol–water partition coefficient (Wildman–Crippen LogP) is 3.08. The van der Waals surface area contributed by atoms with Gasteiger partial charge in [0.05, 0.1) is 12.0 Å². The second kappa shape index (κ2) is 5.19. The average Bonchev–Trinajstić information content (AvgIpc) is 2.78. The van der Waals surface area contributed by atoms with Gasteiger partial charge in [-0.2, -0.15) is 4.98 Å². The SMILES string of the molecule is Cc1cc(Cl)ccc1Cc1noc(CC2(O)CCC2)n1. The van der Waals surface area contributed by atoms with Crippen molar-refractivity contribution in [3.63, 3.8) is 0 Å². The molecule has 0 radical (unpaired) electrons. The lowest BCUT2D eigenvalue weighted by Gasteiger charge is -2.35. The number of aliphatic hydroxyl groups is 1. The standard InChI is InChI=1S/C15H17ClN2O2/c1-10-7-12(16)4-3-11(10)8-13-17-14(20-18-13)9-15(19)5-2-6-15/h3-4,7,19H,2,5-6,8-9H2,1H3. The lowest BCUT2D eigenvalue weighted by Crippen LogP contribution is -2.39. The molecule has 0 saturated heterocycles. The molecule has 1 aromatic heterocycles. The number of aromatic nitrogens is 2. The van der Waals surface area contributed by atoms with E-state index in [0.29, 0.717) is 24.6 Å². The molecule has 0 amide bonds. The van der Waals surface area contributed by atoms with Gasteiger partial charge >= 0.3 is 0 Å². The maximum absolute atomic E-state index is 10.1. The molecular weight excluding hydrogens is 276 g/mol. The summed E-state index contributed by atoms with van der Waals surface area (Å²) in [6.07, 6.45) is 3.79. The van der Waals surface area contributed by atoms with E-state index in [1.165, 1.54) is 0 Å². The Hall–Kier alpha value is -1.39. The third kappa shape index (κ3) is 2.86. The zero-order valence-electron chi connectivity index (χ0n) is 11.4. The third-order valence-electron chi connectivity index (χ3n) is 3.93. The van der Waals surface area contributed by atoms with Gasteiger partial charge in [0.1, 0.15) is 0 Å². The van der Waals surface area contributed by atoms with Crippen LogP contribution in [-0.2, 0) is 12.8 Å². The lowest BCUT2D eigenvalue weighted by atomic mass is 9.78. The van der Waals surface area contributed by atoms with Crippen LogP contribution in [-0.4, -0.2) is 20.8 Å². The molecule has 106 valence electrons. The van der Waals surface area contributed by atoms with Gasteiger partial charge in [0.15, 0.2) is 5.82 Å². The van der Waals surface area contributed by atoms with E-state index in [1.807, 2.05) is 25.1 Å². The fraction of sp³-hybridized carbons (Fsp3) is 0.467. The molecule has 1 aliphatic rings. The van der Waals surface area contributed by atoms with Crippen molar-refractivity contribution >= 4 is 11.6 Å². The molecule has 0 aliphatic heterocycles. The molecule has 4 nitrogen and oxygen atoms in total. The molecule has 1 aromatic carbocycles. The summed E-state index contributed by atoms with van der Waals surface area (Å²) in [5, 5.41) is 14.8. The molecule has 20 heavy (non-hydrogen) atoms. The van der Waals surface area contributed by atoms with Crippen molar-refractivity contribution in [2.45, 2.75) is 44.6 Å². The molecule has 0 bridgehead atoms. The molecule has 0 atom stereocenters. The monoisotopic (exact) mass is 292 g/mol. The van der Waals surface area contributed by atoms with Gasteiger partial charge in [-0.3, -0.25) is 0 Å². The number of nitrogens with zero attached hydrogens (tertiary/aromatic N) is 2. The molecule has 0 unspecified atom stereocenters. The van der Waals surface area contributed by atoms with Gasteiger partial charge in [-0.15, -0.1) is 0 Å². The third-order valence-corrected chi connectivity index (χ3v) is 4.16. The van der Waals surface area contributed by atoms with Crippen LogP contribution in [0.1, 0.15) is 42.1 Å². The largest absolute Gasteiger partial charge is 0.389 e. The van der Waals surface area contributed by atoms with Gasteiger partial charge in [-0.1, -0.05) is 22.8 Å². The van der Waals surface area contributed by atoms with Crippen LogP contribution in [0.15, 0.2) is 22.7 Å². The summed E-state index contributed by atoms with van der Waals surface area (Å²) in [4.78, 5) is 4.37. The summed E-state index contributed by atoms with van der Waals surface area (Å²) in [5.41, 5.74) is 1.62. The molecule has 1 fully saturated rings. The molecular formula is C15H17ClN2O2. The van der Waals surface area contributed by atoms with Crippen LogP contribution in [0.2, 0.25) is 5.02 Å². The summed E-state index contributed by atoms with van der Waals surface area (Å²) < 4.78 is 5.22. The van der Waals surface area contributed by atoms with Crippen molar-refractivity contribution in [3.8, 4) is 0 Å². The fourth-order valence-electron chi connectivity index (χ4n) is 2.50. The van der Waals surface area contributed by atoms with Crippen molar-refractivity contribution in [3.05, 3.63) is 46.1 Å². The van der Waals surface area contributed by atoms with Gasteiger partial charge in [-0.25, -0.2) is 0 Å². The Bertz CT molecular complexity index is 620. The highest BCUT2D eigenvalue weighted by molar-refractivity contribution is 6.30. The second-order valence-corrected chi connectivity index (χ2v) is 6.04. The van der Waals surface area contributed by atoms with Gasteiger partial charge in [0.25, 0.3) is 0 Å². The van der Waals surface area contributed by atoms with E-state index in [0.717, 1.165) is 35.4 Å². The Labute approximate surface area is 122 Å². The number of rotatable bonds is 4. The molecule has 1 N–H and O–H groups in total. The molecule has 1 saturated carbocycles. The zero-order valence-corrected chi connectivity index (χ0v) is 12.2. The van der Waals surface area contributed by atoms with Gasteiger partial charge in [0, 0.05) is 11.4 Å². The van der Waals surface area contributed by atoms with Gasteiger partial charge < -0.3 is 9.63 Å². The Morgan fingerprint density at radius 3 is 2.85 bits per heavy atom.